The van der Waals surface area contributed by atoms with Crippen LogP contribution in [0.25, 0.3) is 0 Å². The molecule has 0 aliphatic rings. The van der Waals surface area contributed by atoms with Crippen LogP contribution in [0, 0.1) is 0 Å². The second-order valence-corrected chi connectivity index (χ2v) is 4.81. The molecule has 0 fully saturated rings. The summed E-state index contributed by atoms with van der Waals surface area (Å²) < 4.78 is 15.6. The van der Waals surface area contributed by atoms with E-state index in [1.54, 1.807) is 57.7 Å². The highest BCUT2D eigenvalue weighted by Gasteiger charge is 2.19. The van der Waals surface area contributed by atoms with Crippen LogP contribution in [0.5, 0.6) is 17.2 Å². The summed E-state index contributed by atoms with van der Waals surface area (Å²) in [6, 6.07) is 10.4. The van der Waals surface area contributed by atoms with Crippen molar-refractivity contribution in [3.05, 3.63) is 52.5 Å². The highest BCUT2D eigenvalue weighted by molar-refractivity contribution is 6.31. The lowest BCUT2D eigenvalue weighted by Crippen LogP contribution is -2.03. The summed E-state index contributed by atoms with van der Waals surface area (Å²) in [7, 11) is 4.68. The fourth-order valence-electron chi connectivity index (χ4n) is 2.07. The molecule has 2 aromatic carbocycles. The molecular weight excluding hydrogens is 292 g/mol. The average molecular weight is 309 g/mol. The molecule has 0 aliphatic carbocycles. The molecule has 112 valence electrons. The third-order valence-corrected chi connectivity index (χ3v) is 3.56. The standard InChI is InChI=1S/C16H17ClO4/c1-19-10-4-6-12(14(17)8-10)16(18)13-7-5-11(20-2)9-15(13)21-3/h4-9,16,18H,1-3H3. The molecule has 4 nitrogen and oxygen atoms in total. The van der Waals surface area contributed by atoms with E-state index >= 15 is 0 Å². The van der Waals surface area contributed by atoms with Gasteiger partial charge in [-0.15, -0.1) is 0 Å². The van der Waals surface area contributed by atoms with Crippen LogP contribution in [0.1, 0.15) is 17.2 Å². The van der Waals surface area contributed by atoms with E-state index in [1.165, 1.54) is 0 Å². The maximum absolute atomic E-state index is 10.6. The SMILES string of the molecule is COc1ccc(C(O)c2ccc(OC)cc2OC)c(Cl)c1. The lowest BCUT2D eigenvalue weighted by molar-refractivity contribution is 0.214. The number of hydrogen-bond donors (Lipinski definition) is 1. The zero-order chi connectivity index (χ0) is 15.4. The van der Waals surface area contributed by atoms with E-state index in [0.29, 0.717) is 33.4 Å². The number of methoxy groups -OCH3 is 3. The topological polar surface area (TPSA) is 47.9 Å². The van der Waals surface area contributed by atoms with E-state index in [0.717, 1.165) is 0 Å². The van der Waals surface area contributed by atoms with Crippen LogP contribution in [0.4, 0.5) is 0 Å². The van der Waals surface area contributed by atoms with Gasteiger partial charge in [0.1, 0.15) is 23.4 Å². The second-order valence-electron chi connectivity index (χ2n) is 4.40. The first-order valence-electron chi connectivity index (χ1n) is 6.34. The minimum atomic E-state index is -0.899. The summed E-state index contributed by atoms with van der Waals surface area (Å²) in [6.45, 7) is 0. The van der Waals surface area contributed by atoms with Gasteiger partial charge in [0.2, 0.25) is 0 Å². The largest absolute Gasteiger partial charge is 0.497 e. The second kappa shape index (κ2) is 6.70. The van der Waals surface area contributed by atoms with Crippen molar-refractivity contribution in [3.63, 3.8) is 0 Å². The number of aliphatic hydroxyl groups is 1. The number of rotatable bonds is 5. The fraction of sp³-hybridized carbons (Fsp3) is 0.250. The number of halogens is 1. The van der Waals surface area contributed by atoms with Crippen molar-refractivity contribution in [1.82, 2.24) is 0 Å². The zero-order valence-electron chi connectivity index (χ0n) is 12.1. The Morgan fingerprint density at radius 2 is 1.43 bits per heavy atom. The van der Waals surface area contributed by atoms with E-state index in [4.69, 9.17) is 25.8 Å². The van der Waals surface area contributed by atoms with Gasteiger partial charge >= 0.3 is 0 Å². The molecule has 0 radical (unpaired) electrons. The van der Waals surface area contributed by atoms with Crippen LogP contribution in [-0.4, -0.2) is 26.4 Å². The van der Waals surface area contributed by atoms with E-state index in [9.17, 15) is 5.11 Å². The van der Waals surface area contributed by atoms with Crippen molar-refractivity contribution in [1.29, 1.82) is 0 Å². The molecule has 21 heavy (non-hydrogen) atoms. The van der Waals surface area contributed by atoms with Crippen LogP contribution >= 0.6 is 11.6 Å². The molecule has 5 heteroatoms. The summed E-state index contributed by atoms with van der Waals surface area (Å²) in [4.78, 5) is 0. The smallest absolute Gasteiger partial charge is 0.128 e. The van der Waals surface area contributed by atoms with Crippen LogP contribution in [0.2, 0.25) is 5.02 Å². The predicted molar refractivity (Wildman–Crippen MR) is 81.6 cm³/mol. The first-order valence-corrected chi connectivity index (χ1v) is 6.72. The third-order valence-electron chi connectivity index (χ3n) is 3.24. The molecule has 0 saturated heterocycles. The number of aliphatic hydroxyl groups excluding tert-OH is 1. The highest BCUT2D eigenvalue weighted by Crippen LogP contribution is 2.36. The Hall–Kier alpha value is -1.91. The van der Waals surface area contributed by atoms with Crippen molar-refractivity contribution in [3.8, 4) is 17.2 Å². The van der Waals surface area contributed by atoms with E-state index in [-0.39, 0.29) is 0 Å². The summed E-state index contributed by atoms with van der Waals surface area (Å²) in [5.74, 6) is 1.83. The number of ether oxygens (including phenoxy) is 3. The van der Waals surface area contributed by atoms with Gasteiger partial charge in [-0.1, -0.05) is 17.7 Å². The van der Waals surface area contributed by atoms with E-state index < -0.39 is 6.10 Å². The first kappa shape index (κ1) is 15.5. The van der Waals surface area contributed by atoms with Crippen LogP contribution in [0.3, 0.4) is 0 Å². The molecule has 1 atom stereocenters. The molecule has 0 heterocycles. The Bertz CT molecular complexity index is 628. The summed E-state index contributed by atoms with van der Waals surface area (Å²) in [6.07, 6.45) is -0.899. The predicted octanol–water partition coefficient (Wildman–Crippen LogP) is 3.45. The van der Waals surface area contributed by atoms with Crippen molar-refractivity contribution in [2.45, 2.75) is 6.10 Å². The van der Waals surface area contributed by atoms with Crippen molar-refractivity contribution in [2.24, 2.45) is 0 Å². The fourth-order valence-corrected chi connectivity index (χ4v) is 2.34. The molecule has 0 spiro atoms. The van der Waals surface area contributed by atoms with Gasteiger partial charge in [0.25, 0.3) is 0 Å². The Morgan fingerprint density at radius 3 is 1.95 bits per heavy atom. The molecule has 1 unspecified atom stereocenters. The average Bonchev–Trinajstić information content (AvgIpc) is 2.53. The Labute approximate surface area is 128 Å². The van der Waals surface area contributed by atoms with Crippen LogP contribution in [0.15, 0.2) is 36.4 Å². The number of hydrogen-bond acceptors (Lipinski definition) is 4. The van der Waals surface area contributed by atoms with Gasteiger partial charge < -0.3 is 19.3 Å². The van der Waals surface area contributed by atoms with Crippen LogP contribution in [-0.2, 0) is 0 Å². The molecule has 0 aliphatic heterocycles. The molecule has 2 aromatic rings. The normalized spacial score (nSPS) is 11.9. The van der Waals surface area contributed by atoms with Gasteiger partial charge in [0, 0.05) is 17.2 Å². The van der Waals surface area contributed by atoms with Crippen molar-refractivity contribution < 1.29 is 19.3 Å². The van der Waals surface area contributed by atoms with Gasteiger partial charge in [-0.3, -0.25) is 0 Å². The molecule has 0 bridgehead atoms. The van der Waals surface area contributed by atoms with Gasteiger partial charge in [0.05, 0.1) is 26.4 Å². The van der Waals surface area contributed by atoms with Gasteiger partial charge in [-0.2, -0.15) is 0 Å². The molecule has 2 rings (SSSR count). The van der Waals surface area contributed by atoms with Gasteiger partial charge in [0.15, 0.2) is 0 Å². The quantitative estimate of drug-likeness (QED) is 0.919. The maximum atomic E-state index is 10.6. The Kier molecular flexibility index (Phi) is 4.94. The minimum Gasteiger partial charge on any atom is -0.497 e. The molecule has 0 saturated carbocycles. The molecule has 0 aromatic heterocycles. The van der Waals surface area contributed by atoms with Crippen LogP contribution < -0.4 is 14.2 Å². The number of benzene rings is 2. The van der Waals surface area contributed by atoms with Gasteiger partial charge in [-0.05, 0) is 24.3 Å². The third kappa shape index (κ3) is 3.23. The monoisotopic (exact) mass is 308 g/mol. The van der Waals surface area contributed by atoms with Crippen molar-refractivity contribution >= 4 is 11.6 Å². The lowest BCUT2D eigenvalue weighted by atomic mass is 10.00. The molecular formula is C16H17ClO4. The van der Waals surface area contributed by atoms with Crippen molar-refractivity contribution in [2.75, 3.05) is 21.3 Å². The summed E-state index contributed by atoms with van der Waals surface area (Å²) in [5, 5.41) is 11.0. The highest BCUT2D eigenvalue weighted by atomic mass is 35.5. The lowest BCUT2D eigenvalue weighted by Gasteiger charge is -2.17. The maximum Gasteiger partial charge on any atom is 0.128 e. The minimum absolute atomic E-state index is 0.430. The Morgan fingerprint density at radius 1 is 0.857 bits per heavy atom. The van der Waals surface area contributed by atoms with E-state index in [1.807, 2.05) is 0 Å². The zero-order valence-corrected chi connectivity index (χ0v) is 12.8. The first-order chi connectivity index (χ1) is 10.1. The summed E-state index contributed by atoms with van der Waals surface area (Å²) >= 11 is 6.20. The summed E-state index contributed by atoms with van der Waals surface area (Å²) in [5.41, 5.74) is 1.20. The van der Waals surface area contributed by atoms with Gasteiger partial charge in [-0.25, -0.2) is 0 Å². The Balaban J connectivity index is 2.42. The molecule has 0 amide bonds. The molecule has 1 N–H and O–H groups in total. The van der Waals surface area contributed by atoms with E-state index in [2.05, 4.69) is 0 Å².